The van der Waals surface area contributed by atoms with E-state index in [0.717, 1.165) is 5.57 Å². The predicted molar refractivity (Wildman–Crippen MR) is 44.3 cm³/mol. The highest BCUT2D eigenvalue weighted by Gasteiger charge is 1.81. The molecule has 8 heavy (non-hydrogen) atoms. The zero-order valence-corrected chi connectivity index (χ0v) is 7.14. The maximum absolute atomic E-state index is 6.78. The average Bonchev–Trinajstić information content (AvgIpc) is 1.65. The number of allylic oxidation sites excluding steroid dienone is 1. The van der Waals surface area contributed by atoms with Gasteiger partial charge in [-0.25, -0.2) is 0 Å². The standard InChI is InChI=1S/C5H9IN2/c1-5(3-7)4-8(2)6/h3-4,7H,1-2H3/b5-4-,7-3?. The average molecular weight is 224 g/mol. The third-order valence-corrected chi connectivity index (χ3v) is 0.888. The van der Waals surface area contributed by atoms with Crippen LogP contribution in [0.15, 0.2) is 11.8 Å². The summed E-state index contributed by atoms with van der Waals surface area (Å²) in [6.45, 7) is 1.89. The third kappa shape index (κ3) is 4.11. The lowest BCUT2D eigenvalue weighted by Crippen LogP contribution is -1.92. The zero-order valence-electron chi connectivity index (χ0n) is 4.98. The van der Waals surface area contributed by atoms with Crippen LogP contribution >= 0.6 is 22.9 Å². The fourth-order valence-electron chi connectivity index (χ4n) is 0.318. The quantitative estimate of drug-likeness (QED) is 0.432. The second-order valence-electron chi connectivity index (χ2n) is 1.54. The summed E-state index contributed by atoms with van der Waals surface area (Å²) in [4.78, 5) is 0. The van der Waals surface area contributed by atoms with Crippen molar-refractivity contribution in [2.45, 2.75) is 6.92 Å². The van der Waals surface area contributed by atoms with Crippen LogP contribution in [-0.4, -0.2) is 16.4 Å². The summed E-state index contributed by atoms with van der Waals surface area (Å²) in [5, 5.41) is 6.78. The Labute approximate surface area is 63.6 Å². The Morgan fingerprint density at radius 3 is 2.38 bits per heavy atom. The number of hydrogen-bond acceptors (Lipinski definition) is 2. The molecule has 0 heterocycles. The summed E-state index contributed by atoms with van der Waals surface area (Å²) in [5.41, 5.74) is 0.960. The highest BCUT2D eigenvalue weighted by Crippen LogP contribution is 1.96. The lowest BCUT2D eigenvalue weighted by molar-refractivity contribution is 0.829. The lowest BCUT2D eigenvalue weighted by Gasteiger charge is -2.00. The van der Waals surface area contributed by atoms with Gasteiger partial charge in [-0.3, -0.25) is 0 Å². The smallest absolute Gasteiger partial charge is 0.0583 e. The normalized spacial score (nSPS) is 11.1. The van der Waals surface area contributed by atoms with Gasteiger partial charge >= 0.3 is 0 Å². The molecule has 0 aliphatic carbocycles. The van der Waals surface area contributed by atoms with Gasteiger partial charge in [0.05, 0.1) is 22.9 Å². The van der Waals surface area contributed by atoms with Gasteiger partial charge in [0.25, 0.3) is 0 Å². The first-order chi connectivity index (χ1) is 3.66. The number of halogens is 1. The SMILES string of the molecule is C/C(C=N)=C/N(C)I. The van der Waals surface area contributed by atoms with Crippen LogP contribution in [0.4, 0.5) is 0 Å². The van der Waals surface area contributed by atoms with Crippen molar-refractivity contribution in [3.8, 4) is 0 Å². The summed E-state index contributed by atoms with van der Waals surface area (Å²) in [6.07, 6.45) is 3.21. The topological polar surface area (TPSA) is 27.1 Å². The van der Waals surface area contributed by atoms with Crippen LogP contribution < -0.4 is 0 Å². The molecule has 0 aliphatic heterocycles. The second-order valence-corrected chi connectivity index (χ2v) is 3.06. The van der Waals surface area contributed by atoms with Crippen LogP contribution in [0.3, 0.4) is 0 Å². The molecule has 0 spiro atoms. The lowest BCUT2D eigenvalue weighted by atomic mass is 10.4. The van der Waals surface area contributed by atoms with E-state index >= 15 is 0 Å². The number of nitrogens with one attached hydrogen (secondary N) is 1. The Balaban J connectivity index is 3.74. The molecule has 0 fully saturated rings. The van der Waals surface area contributed by atoms with Crippen molar-refractivity contribution < 1.29 is 0 Å². The Morgan fingerprint density at radius 1 is 1.75 bits per heavy atom. The minimum Gasteiger partial charge on any atom is -0.324 e. The molecule has 0 aromatic carbocycles. The van der Waals surface area contributed by atoms with E-state index < -0.39 is 0 Å². The first-order valence-corrected chi connectivity index (χ1v) is 3.21. The molecular weight excluding hydrogens is 215 g/mol. The molecule has 0 aliphatic rings. The van der Waals surface area contributed by atoms with Crippen molar-refractivity contribution in [2.75, 3.05) is 7.05 Å². The molecule has 0 aromatic heterocycles. The zero-order chi connectivity index (χ0) is 6.57. The molecule has 0 radical (unpaired) electrons. The van der Waals surface area contributed by atoms with E-state index in [1.807, 2.05) is 23.3 Å². The van der Waals surface area contributed by atoms with Crippen LogP contribution in [0.2, 0.25) is 0 Å². The fraction of sp³-hybridized carbons (Fsp3) is 0.400. The van der Waals surface area contributed by atoms with E-state index in [9.17, 15) is 0 Å². The summed E-state index contributed by atoms with van der Waals surface area (Å²) >= 11 is 2.13. The summed E-state index contributed by atoms with van der Waals surface area (Å²) in [6, 6.07) is 0. The molecule has 2 nitrogen and oxygen atoms in total. The van der Waals surface area contributed by atoms with Gasteiger partial charge in [-0.2, -0.15) is 0 Å². The molecule has 1 N–H and O–H groups in total. The van der Waals surface area contributed by atoms with E-state index in [4.69, 9.17) is 5.41 Å². The van der Waals surface area contributed by atoms with E-state index in [2.05, 4.69) is 22.9 Å². The molecule has 3 heteroatoms. The van der Waals surface area contributed by atoms with Crippen molar-refractivity contribution >= 4 is 29.1 Å². The van der Waals surface area contributed by atoms with Crippen molar-refractivity contribution in [1.82, 2.24) is 3.11 Å². The molecule has 0 rings (SSSR count). The molecule has 0 atom stereocenters. The minimum absolute atomic E-state index is 0.960. The number of hydrogen-bond donors (Lipinski definition) is 1. The number of nitrogens with zero attached hydrogens (tertiary/aromatic N) is 1. The molecule has 0 aromatic rings. The van der Waals surface area contributed by atoms with Gasteiger partial charge in [0.1, 0.15) is 0 Å². The third-order valence-electron chi connectivity index (χ3n) is 0.609. The van der Waals surface area contributed by atoms with E-state index in [-0.39, 0.29) is 0 Å². The van der Waals surface area contributed by atoms with Crippen molar-refractivity contribution in [3.63, 3.8) is 0 Å². The van der Waals surface area contributed by atoms with Gasteiger partial charge in [-0.15, -0.1) is 0 Å². The predicted octanol–water partition coefficient (Wildman–Crippen LogP) is 1.82. The van der Waals surface area contributed by atoms with E-state index in [0.29, 0.717) is 0 Å². The summed E-state index contributed by atoms with van der Waals surface area (Å²) < 4.78 is 1.89. The fourth-order valence-corrected chi connectivity index (χ4v) is 0.757. The second kappa shape index (κ2) is 3.88. The first kappa shape index (κ1) is 7.94. The maximum Gasteiger partial charge on any atom is 0.0583 e. The Morgan fingerprint density at radius 2 is 2.25 bits per heavy atom. The molecular formula is C5H9IN2. The Hall–Kier alpha value is -0.0600. The molecule has 46 valence electrons. The summed E-state index contributed by atoms with van der Waals surface area (Å²) in [7, 11) is 1.92. The first-order valence-electron chi connectivity index (χ1n) is 2.24. The van der Waals surface area contributed by atoms with Crippen LogP contribution in [0.1, 0.15) is 6.92 Å². The van der Waals surface area contributed by atoms with Gasteiger partial charge in [0.2, 0.25) is 0 Å². The molecule has 0 saturated heterocycles. The van der Waals surface area contributed by atoms with Crippen LogP contribution in [0.5, 0.6) is 0 Å². The highest BCUT2D eigenvalue weighted by molar-refractivity contribution is 14.1. The van der Waals surface area contributed by atoms with Crippen LogP contribution in [0.25, 0.3) is 0 Å². The molecule has 0 unspecified atom stereocenters. The van der Waals surface area contributed by atoms with Crippen LogP contribution in [0, 0.1) is 5.41 Å². The number of rotatable bonds is 2. The van der Waals surface area contributed by atoms with Crippen molar-refractivity contribution in [3.05, 3.63) is 11.8 Å². The Kier molecular flexibility index (Phi) is 3.85. The molecule has 0 saturated carbocycles. The van der Waals surface area contributed by atoms with Gasteiger partial charge in [0, 0.05) is 19.5 Å². The van der Waals surface area contributed by atoms with Gasteiger partial charge in [0.15, 0.2) is 0 Å². The van der Waals surface area contributed by atoms with Crippen molar-refractivity contribution in [1.29, 1.82) is 5.41 Å². The molecule has 0 bridgehead atoms. The largest absolute Gasteiger partial charge is 0.324 e. The highest BCUT2D eigenvalue weighted by atomic mass is 127. The van der Waals surface area contributed by atoms with Gasteiger partial charge < -0.3 is 8.52 Å². The van der Waals surface area contributed by atoms with Gasteiger partial charge in [-0.05, 0) is 12.5 Å². The molecule has 0 amide bonds. The van der Waals surface area contributed by atoms with Gasteiger partial charge in [-0.1, -0.05) is 0 Å². The van der Waals surface area contributed by atoms with Crippen molar-refractivity contribution in [2.24, 2.45) is 0 Å². The monoisotopic (exact) mass is 224 g/mol. The minimum atomic E-state index is 0.960. The maximum atomic E-state index is 6.78. The Bertz CT molecular complexity index is 107. The van der Waals surface area contributed by atoms with E-state index in [1.165, 1.54) is 6.21 Å². The summed E-state index contributed by atoms with van der Waals surface area (Å²) in [5.74, 6) is 0. The van der Waals surface area contributed by atoms with Crippen LogP contribution in [-0.2, 0) is 0 Å². The van der Waals surface area contributed by atoms with E-state index in [1.54, 1.807) is 0 Å².